The maximum absolute atomic E-state index is 12.9. The molecule has 2 aromatic rings. The summed E-state index contributed by atoms with van der Waals surface area (Å²) in [6, 6.07) is 13.8. The van der Waals surface area contributed by atoms with Crippen LogP contribution in [0.2, 0.25) is 5.02 Å². The van der Waals surface area contributed by atoms with Crippen molar-refractivity contribution in [3.63, 3.8) is 0 Å². The molecule has 0 saturated heterocycles. The van der Waals surface area contributed by atoms with Crippen LogP contribution in [0.25, 0.3) is 0 Å². The normalized spacial score (nSPS) is 15.0. The second-order valence-corrected chi connectivity index (χ2v) is 9.75. The van der Waals surface area contributed by atoms with E-state index in [-0.39, 0.29) is 10.9 Å². The molecule has 3 rings (SSSR count). The molecule has 0 saturated carbocycles. The molecule has 25 heavy (non-hydrogen) atoms. The van der Waals surface area contributed by atoms with Crippen LogP contribution < -0.4 is 5.32 Å². The van der Waals surface area contributed by atoms with Crippen molar-refractivity contribution in [1.82, 2.24) is 5.32 Å². The fraction of sp³-hybridized carbons (Fsp3) is 0.316. The van der Waals surface area contributed by atoms with Crippen molar-refractivity contribution in [1.29, 1.82) is 0 Å². The third kappa shape index (κ3) is 3.31. The van der Waals surface area contributed by atoms with E-state index in [2.05, 4.69) is 5.32 Å². The first-order valence-corrected chi connectivity index (χ1v) is 9.96. The van der Waals surface area contributed by atoms with Gasteiger partial charge in [0.2, 0.25) is 5.91 Å². The number of hydrogen-bond acceptors (Lipinski definition) is 3. The van der Waals surface area contributed by atoms with Gasteiger partial charge in [-0.05, 0) is 62.1 Å². The molecule has 0 bridgehead atoms. The molecule has 0 fully saturated rings. The van der Waals surface area contributed by atoms with E-state index in [0.717, 1.165) is 12.8 Å². The molecular formula is C19H20ClNO3S. The first-order valence-electron chi connectivity index (χ1n) is 8.10. The van der Waals surface area contributed by atoms with Crippen LogP contribution in [-0.2, 0) is 27.5 Å². The van der Waals surface area contributed by atoms with Crippen molar-refractivity contribution < 1.29 is 13.2 Å². The Labute approximate surface area is 153 Å². The smallest absolute Gasteiger partial charge is 0.241 e. The van der Waals surface area contributed by atoms with Gasteiger partial charge in [0.05, 0.1) is 4.90 Å². The van der Waals surface area contributed by atoms with E-state index >= 15 is 0 Å². The highest BCUT2D eigenvalue weighted by atomic mass is 35.5. The summed E-state index contributed by atoms with van der Waals surface area (Å²) in [7, 11) is -3.83. The number of sulfone groups is 1. The number of benzene rings is 2. The standard InChI is InChI=1S/C19H20ClNO3S/c1-19(2,25(23,24)17-9-7-15(20)8-10-17)18(22)21-16-11-13-5-3-4-6-14(13)12-16/h3-10,16H,11-12H2,1-2H3,(H,21,22). The Morgan fingerprint density at radius 2 is 1.56 bits per heavy atom. The van der Waals surface area contributed by atoms with Gasteiger partial charge in [-0.3, -0.25) is 4.79 Å². The average Bonchev–Trinajstić information content (AvgIpc) is 2.97. The minimum atomic E-state index is -3.83. The van der Waals surface area contributed by atoms with E-state index < -0.39 is 20.5 Å². The van der Waals surface area contributed by atoms with Crippen molar-refractivity contribution in [2.75, 3.05) is 0 Å². The van der Waals surface area contributed by atoms with Crippen molar-refractivity contribution in [2.45, 2.75) is 42.4 Å². The summed E-state index contributed by atoms with van der Waals surface area (Å²) >= 11 is 5.82. The van der Waals surface area contributed by atoms with Crippen molar-refractivity contribution in [3.05, 3.63) is 64.7 Å². The quantitative estimate of drug-likeness (QED) is 0.890. The number of fused-ring (bicyclic) bond motifs is 1. The Balaban J connectivity index is 1.78. The third-order valence-corrected chi connectivity index (χ3v) is 7.40. The second kappa shape index (κ2) is 6.46. The van der Waals surface area contributed by atoms with E-state index in [0.29, 0.717) is 5.02 Å². The molecule has 0 atom stereocenters. The molecule has 1 aliphatic carbocycles. The molecule has 0 unspecified atom stereocenters. The summed E-state index contributed by atoms with van der Waals surface area (Å²) in [6.07, 6.45) is 1.44. The molecular weight excluding hydrogens is 358 g/mol. The maximum atomic E-state index is 12.9. The Kier molecular flexibility index (Phi) is 4.64. The van der Waals surface area contributed by atoms with Crippen molar-refractivity contribution in [2.24, 2.45) is 0 Å². The average molecular weight is 378 g/mol. The topological polar surface area (TPSA) is 63.2 Å². The van der Waals surface area contributed by atoms with Crippen LogP contribution in [-0.4, -0.2) is 25.1 Å². The molecule has 1 N–H and O–H groups in total. The molecule has 0 heterocycles. The van der Waals surface area contributed by atoms with Crippen LogP contribution in [0, 0.1) is 0 Å². The summed E-state index contributed by atoms with van der Waals surface area (Å²) in [6.45, 7) is 2.88. The monoisotopic (exact) mass is 377 g/mol. The fourth-order valence-electron chi connectivity index (χ4n) is 3.05. The van der Waals surface area contributed by atoms with Crippen molar-refractivity contribution in [3.8, 4) is 0 Å². The Bertz CT molecular complexity index is 880. The Morgan fingerprint density at radius 1 is 1.04 bits per heavy atom. The molecule has 0 radical (unpaired) electrons. The number of nitrogens with one attached hydrogen (secondary N) is 1. The molecule has 4 nitrogen and oxygen atoms in total. The highest BCUT2D eigenvalue weighted by molar-refractivity contribution is 7.93. The fourth-order valence-corrected chi connectivity index (χ4v) is 4.56. The maximum Gasteiger partial charge on any atom is 0.241 e. The first-order chi connectivity index (χ1) is 11.7. The molecule has 1 aliphatic rings. The lowest BCUT2D eigenvalue weighted by molar-refractivity contribution is -0.123. The number of carbonyl (C=O) groups excluding carboxylic acids is 1. The minimum absolute atomic E-state index is 0.0791. The molecule has 132 valence electrons. The molecule has 1 amide bonds. The van der Waals surface area contributed by atoms with Crippen LogP contribution in [0.15, 0.2) is 53.4 Å². The number of amides is 1. The number of hydrogen-bond donors (Lipinski definition) is 1. The zero-order valence-corrected chi connectivity index (χ0v) is 15.7. The van der Waals surface area contributed by atoms with Gasteiger partial charge in [0.25, 0.3) is 0 Å². The number of rotatable bonds is 4. The van der Waals surface area contributed by atoms with Gasteiger partial charge in [-0.2, -0.15) is 0 Å². The summed E-state index contributed by atoms with van der Waals surface area (Å²) in [5.41, 5.74) is 2.40. The predicted molar refractivity (Wildman–Crippen MR) is 98.5 cm³/mol. The SMILES string of the molecule is CC(C)(C(=O)NC1Cc2ccccc2C1)S(=O)(=O)c1ccc(Cl)cc1. The number of carbonyl (C=O) groups is 1. The van der Waals surface area contributed by atoms with Crippen molar-refractivity contribution >= 4 is 27.3 Å². The second-order valence-electron chi connectivity index (χ2n) is 6.82. The van der Waals surface area contributed by atoms with Gasteiger partial charge < -0.3 is 5.32 Å². The largest absolute Gasteiger partial charge is 0.351 e. The van der Waals surface area contributed by atoms with Gasteiger partial charge in [-0.1, -0.05) is 35.9 Å². The van der Waals surface area contributed by atoms with Crippen LogP contribution in [0.3, 0.4) is 0 Å². The highest BCUT2D eigenvalue weighted by Gasteiger charge is 2.43. The van der Waals surface area contributed by atoms with Crippen LogP contribution in [0.1, 0.15) is 25.0 Å². The van der Waals surface area contributed by atoms with E-state index in [1.54, 1.807) is 0 Å². The lowest BCUT2D eigenvalue weighted by Crippen LogP contribution is -2.51. The molecule has 0 aliphatic heterocycles. The minimum Gasteiger partial charge on any atom is -0.351 e. The van der Waals surface area contributed by atoms with Gasteiger partial charge >= 0.3 is 0 Å². The Hall–Kier alpha value is -1.85. The van der Waals surface area contributed by atoms with Gasteiger partial charge in [-0.15, -0.1) is 0 Å². The van der Waals surface area contributed by atoms with Gasteiger partial charge in [0.15, 0.2) is 9.84 Å². The number of halogens is 1. The molecule has 0 aromatic heterocycles. The van der Waals surface area contributed by atoms with Gasteiger partial charge in [0.1, 0.15) is 4.75 Å². The van der Waals surface area contributed by atoms with Gasteiger partial charge in [-0.25, -0.2) is 8.42 Å². The van der Waals surface area contributed by atoms with E-state index in [1.807, 2.05) is 24.3 Å². The van der Waals surface area contributed by atoms with E-state index in [4.69, 9.17) is 11.6 Å². The van der Waals surface area contributed by atoms with Crippen LogP contribution in [0.4, 0.5) is 0 Å². The first kappa shape index (κ1) is 18.0. The molecule has 6 heteroatoms. The summed E-state index contributed by atoms with van der Waals surface area (Å²) < 4.78 is 24.2. The third-order valence-electron chi connectivity index (χ3n) is 4.73. The summed E-state index contributed by atoms with van der Waals surface area (Å²) in [5, 5.41) is 3.36. The Morgan fingerprint density at radius 3 is 2.08 bits per heavy atom. The van der Waals surface area contributed by atoms with E-state index in [1.165, 1.54) is 49.2 Å². The lowest BCUT2D eigenvalue weighted by atomic mass is 10.1. The molecule has 0 spiro atoms. The zero-order valence-electron chi connectivity index (χ0n) is 14.1. The van der Waals surface area contributed by atoms with E-state index in [9.17, 15) is 13.2 Å². The molecule has 2 aromatic carbocycles. The summed E-state index contributed by atoms with van der Waals surface area (Å²) in [5.74, 6) is -0.486. The highest BCUT2D eigenvalue weighted by Crippen LogP contribution is 2.28. The van der Waals surface area contributed by atoms with Crippen LogP contribution in [0.5, 0.6) is 0 Å². The van der Waals surface area contributed by atoms with Gasteiger partial charge in [0, 0.05) is 11.1 Å². The lowest BCUT2D eigenvalue weighted by Gasteiger charge is -2.26. The van der Waals surface area contributed by atoms with Crippen LogP contribution >= 0.6 is 11.6 Å². The summed E-state index contributed by atoms with van der Waals surface area (Å²) in [4.78, 5) is 12.8. The predicted octanol–water partition coefficient (Wildman–Crippen LogP) is 3.18. The zero-order chi connectivity index (χ0) is 18.2.